The largest absolute Gasteiger partial charge is 0.454 e. The van der Waals surface area contributed by atoms with E-state index >= 15 is 0 Å². The van der Waals surface area contributed by atoms with Gasteiger partial charge in [0, 0.05) is 24.5 Å². The van der Waals surface area contributed by atoms with E-state index in [1.54, 1.807) is 11.9 Å². The minimum absolute atomic E-state index is 0.0103. The molecule has 2 aromatic carbocycles. The topological polar surface area (TPSA) is 50.8 Å². The Morgan fingerprint density at radius 2 is 1.86 bits per heavy atom. The average Bonchev–Trinajstić information content (AvgIpc) is 3.02. The maximum atomic E-state index is 12.5. The van der Waals surface area contributed by atoms with Crippen LogP contribution in [0.25, 0.3) is 0 Å². The van der Waals surface area contributed by atoms with Crippen molar-refractivity contribution in [2.24, 2.45) is 0 Å². The third-order valence-electron chi connectivity index (χ3n) is 3.60. The minimum Gasteiger partial charge on any atom is -0.454 e. The smallest absolute Gasteiger partial charge is 0.248 e. The van der Waals surface area contributed by atoms with Gasteiger partial charge in [-0.05, 0) is 31.2 Å². The molecular weight excluding hydrogens is 280 g/mol. The molecule has 0 aliphatic carbocycles. The van der Waals surface area contributed by atoms with E-state index < -0.39 is 0 Å². The molecule has 1 N–H and O–H groups in total. The molecule has 2 aromatic rings. The Labute approximate surface area is 129 Å². The SMILES string of the molecule is C[C@@H](Nc1ccc2c(c1)OCO2)C(=O)N(C)c1ccccc1. The Kier molecular flexibility index (Phi) is 3.87. The first-order valence-electron chi connectivity index (χ1n) is 7.14. The first-order chi connectivity index (χ1) is 10.6. The number of rotatable bonds is 4. The zero-order chi connectivity index (χ0) is 15.5. The Hall–Kier alpha value is -2.69. The molecule has 1 aliphatic heterocycles. The summed E-state index contributed by atoms with van der Waals surface area (Å²) >= 11 is 0. The second-order valence-electron chi connectivity index (χ2n) is 5.17. The van der Waals surface area contributed by atoms with Crippen molar-refractivity contribution in [2.75, 3.05) is 24.1 Å². The number of carbonyl (C=O) groups excluding carboxylic acids is 1. The zero-order valence-electron chi connectivity index (χ0n) is 12.6. The van der Waals surface area contributed by atoms with Gasteiger partial charge in [-0.3, -0.25) is 4.79 Å². The fourth-order valence-corrected chi connectivity index (χ4v) is 2.37. The summed E-state index contributed by atoms with van der Waals surface area (Å²) in [6, 6.07) is 14.8. The summed E-state index contributed by atoms with van der Waals surface area (Å²) in [4.78, 5) is 14.1. The molecule has 0 unspecified atom stereocenters. The molecule has 5 nitrogen and oxygen atoms in total. The summed E-state index contributed by atoms with van der Waals surface area (Å²) in [5, 5.41) is 3.20. The number of likely N-dealkylation sites (N-methyl/N-ethyl adjacent to an activating group) is 1. The summed E-state index contributed by atoms with van der Waals surface area (Å²) in [6.07, 6.45) is 0. The molecule has 22 heavy (non-hydrogen) atoms. The number of benzene rings is 2. The number of nitrogens with one attached hydrogen (secondary N) is 1. The van der Waals surface area contributed by atoms with Crippen LogP contribution in [-0.4, -0.2) is 25.8 Å². The fourth-order valence-electron chi connectivity index (χ4n) is 2.37. The molecule has 0 aromatic heterocycles. The lowest BCUT2D eigenvalue weighted by molar-refractivity contribution is -0.118. The minimum atomic E-state index is -0.356. The van der Waals surface area contributed by atoms with Crippen molar-refractivity contribution >= 4 is 17.3 Å². The molecule has 5 heteroatoms. The number of hydrogen-bond acceptors (Lipinski definition) is 4. The third-order valence-corrected chi connectivity index (χ3v) is 3.60. The standard InChI is InChI=1S/C17H18N2O3/c1-12(17(20)19(2)14-6-4-3-5-7-14)18-13-8-9-15-16(10-13)22-11-21-15/h3-10,12,18H,11H2,1-2H3/t12-/m1/s1. The first-order valence-corrected chi connectivity index (χ1v) is 7.14. The monoisotopic (exact) mass is 298 g/mol. The van der Waals surface area contributed by atoms with Crippen molar-refractivity contribution in [3.8, 4) is 11.5 Å². The highest BCUT2D eigenvalue weighted by molar-refractivity contribution is 5.98. The van der Waals surface area contributed by atoms with E-state index in [0.717, 1.165) is 17.1 Å². The predicted octanol–water partition coefficient (Wildman–Crippen LogP) is 2.88. The molecule has 1 amide bonds. The molecule has 0 saturated carbocycles. The van der Waals surface area contributed by atoms with E-state index in [1.807, 2.05) is 55.5 Å². The molecule has 0 radical (unpaired) electrons. The van der Waals surface area contributed by atoms with Crippen LogP contribution in [0.2, 0.25) is 0 Å². The van der Waals surface area contributed by atoms with Gasteiger partial charge in [0.05, 0.1) is 0 Å². The van der Waals surface area contributed by atoms with Gasteiger partial charge in [-0.1, -0.05) is 18.2 Å². The summed E-state index contributed by atoms with van der Waals surface area (Å²) in [5.74, 6) is 1.41. The molecule has 0 saturated heterocycles. The number of anilines is 2. The third kappa shape index (κ3) is 2.83. The van der Waals surface area contributed by atoms with Crippen molar-refractivity contribution in [1.29, 1.82) is 0 Å². The molecule has 1 heterocycles. The summed E-state index contributed by atoms with van der Waals surface area (Å²) < 4.78 is 10.6. The fraction of sp³-hybridized carbons (Fsp3) is 0.235. The van der Waals surface area contributed by atoms with Gasteiger partial charge in [-0.2, -0.15) is 0 Å². The summed E-state index contributed by atoms with van der Waals surface area (Å²) in [7, 11) is 1.77. The Morgan fingerprint density at radius 3 is 2.64 bits per heavy atom. The van der Waals surface area contributed by atoms with Crippen LogP contribution in [0.3, 0.4) is 0 Å². The highest BCUT2D eigenvalue weighted by Crippen LogP contribution is 2.34. The Morgan fingerprint density at radius 1 is 1.14 bits per heavy atom. The predicted molar refractivity (Wildman–Crippen MR) is 85.5 cm³/mol. The Bertz CT molecular complexity index is 673. The van der Waals surface area contributed by atoms with Crippen molar-refractivity contribution in [2.45, 2.75) is 13.0 Å². The lowest BCUT2D eigenvalue weighted by Gasteiger charge is -2.23. The number of ether oxygens (including phenoxy) is 2. The van der Waals surface area contributed by atoms with Gasteiger partial charge in [0.1, 0.15) is 6.04 Å². The highest BCUT2D eigenvalue weighted by Gasteiger charge is 2.20. The van der Waals surface area contributed by atoms with Gasteiger partial charge in [0.25, 0.3) is 0 Å². The van der Waals surface area contributed by atoms with Crippen LogP contribution >= 0.6 is 0 Å². The maximum absolute atomic E-state index is 12.5. The lowest BCUT2D eigenvalue weighted by atomic mass is 10.2. The van der Waals surface area contributed by atoms with Crippen molar-refractivity contribution in [1.82, 2.24) is 0 Å². The molecule has 0 spiro atoms. The van der Waals surface area contributed by atoms with Crippen LogP contribution in [0.5, 0.6) is 11.5 Å². The normalized spacial score (nSPS) is 13.5. The number of fused-ring (bicyclic) bond motifs is 1. The van der Waals surface area contributed by atoms with Crippen LogP contribution in [-0.2, 0) is 4.79 Å². The summed E-state index contributed by atoms with van der Waals surface area (Å²) in [6.45, 7) is 2.08. The molecule has 114 valence electrons. The van der Waals surface area contributed by atoms with E-state index in [0.29, 0.717) is 5.75 Å². The van der Waals surface area contributed by atoms with Gasteiger partial charge in [-0.25, -0.2) is 0 Å². The van der Waals surface area contributed by atoms with Gasteiger partial charge in [-0.15, -0.1) is 0 Å². The molecule has 3 rings (SSSR count). The van der Waals surface area contributed by atoms with Gasteiger partial charge < -0.3 is 19.7 Å². The number of carbonyl (C=O) groups is 1. The van der Waals surface area contributed by atoms with Crippen LogP contribution in [0.1, 0.15) is 6.92 Å². The number of para-hydroxylation sites is 1. The molecule has 0 bridgehead atoms. The van der Waals surface area contributed by atoms with E-state index in [1.165, 1.54) is 0 Å². The number of amides is 1. The lowest BCUT2D eigenvalue weighted by Crippen LogP contribution is -2.39. The van der Waals surface area contributed by atoms with E-state index in [2.05, 4.69) is 5.32 Å². The second kappa shape index (κ2) is 5.97. The number of hydrogen-bond donors (Lipinski definition) is 1. The second-order valence-corrected chi connectivity index (χ2v) is 5.17. The van der Waals surface area contributed by atoms with Gasteiger partial charge in [0.15, 0.2) is 11.5 Å². The molecule has 1 atom stereocenters. The average molecular weight is 298 g/mol. The first kappa shape index (κ1) is 14.3. The maximum Gasteiger partial charge on any atom is 0.248 e. The zero-order valence-corrected chi connectivity index (χ0v) is 12.6. The van der Waals surface area contributed by atoms with Crippen LogP contribution in [0.4, 0.5) is 11.4 Å². The van der Waals surface area contributed by atoms with E-state index in [9.17, 15) is 4.79 Å². The van der Waals surface area contributed by atoms with E-state index in [4.69, 9.17) is 9.47 Å². The quantitative estimate of drug-likeness (QED) is 0.943. The van der Waals surface area contributed by atoms with Crippen LogP contribution < -0.4 is 19.7 Å². The van der Waals surface area contributed by atoms with Crippen LogP contribution in [0, 0.1) is 0 Å². The van der Waals surface area contributed by atoms with Crippen LogP contribution in [0.15, 0.2) is 48.5 Å². The van der Waals surface area contributed by atoms with Gasteiger partial charge in [0.2, 0.25) is 12.7 Å². The van der Waals surface area contributed by atoms with E-state index in [-0.39, 0.29) is 18.7 Å². The molecule has 0 fully saturated rings. The molecular formula is C17H18N2O3. The summed E-state index contributed by atoms with van der Waals surface area (Å²) in [5.41, 5.74) is 1.69. The van der Waals surface area contributed by atoms with Gasteiger partial charge >= 0.3 is 0 Å². The molecule has 1 aliphatic rings. The number of nitrogens with zero attached hydrogens (tertiary/aromatic N) is 1. The Balaban J connectivity index is 1.69. The van der Waals surface area contributed by atoms with Crippen molar-refractivity contribution in [3.05, 3.63) is 48.5 Å². The van der Waals surface area contributed by atoms with Crippen molar-refractivity contribution in [3.63, 3.8) is 0 Å². The van der Waals surface area contributed by atoms with Crippen molar-refractivity contribution < 1.29 is 14.3 Å². The highest BCUT2D eigenvalue weighted by atomic mass is 16.7.